The number of carboxylic acid groups (broad SMARTS) is 1. The van der Waals surface area contributed by atoms with Crippen molar-refractivity contribution in [2.75, 3.05) is 5.32 Å². The number of aromatic nitrogens is 1. The topological polar surface area (TPSA) is 62.2 Å². The summed E-state index contributed by atoms with van der Waals surface area (Å²) in [4.78, 5) is 14.9. The van der Waals surface area contributed by atoms with Gasteiger partial charge in [0.25, 0.3) is 0 Å². The van der Waals surface area contributed by atoms with Crippen molar-refractivity contribution in [1.82, 2.24) is 4.98 Å². The standard InChI is InChI=1S/C12H16N2O2S/c15-10(16)5-9-6-17-12(13-9)14-11(7-1-2-7)8-3-4-8/h6-8,11H,1-5H2,(H,13,14)(H,15,16). The number of aliphatic carboxylic acids is 1. The molecule has 2 aliphatic rings. The predicted molar refractivity (Wildman–Crippen MR) is 66.3 cm³/mol. The molecule has 1 heterocycles. The summed E-state index contributed by atoms with van der Waals surface area (Å²) in [5, 5.41) is 14.9. The van der Waals surface area contributed by atoms with Gasteiger partial charge in [0.1, 0.15) is 0 Å². The zero-order valence-electron chi connectivity index (χ0n) is 9.56. The Kier molecular flexibility index (Phi) is 2.78. The van der Waals surface area contributed by atoms with Crippen LogP contribution >= 0.6 is 11.3 Å². The van der Waals surface area contributed by atoms with Gasteiger partial charge in [-0.2, -0.15) is 0 Å². The molecule has 0 bridgehead atoms. The van der Waals surface area contributed by atoms with Crippen LogP contribution in [0.4, 0.5) is 5.13 Å². The second-order valence-corrected chi connectivity index (χ2v) is 5.92. The van der Waals surface area contributed by atoms with E-state index in [4.69, 9.17) is 5.11 Å². The fourth-order valence-corrected chi connectivity index (χ4v) is 3.04. The molecule has 2 fully saturated rings. The Morgan fingerprint density at radius 1 is 1.47 bits per heavy atom. The summed E-state index contributed by atoms with van der Waals surface area (Å²) >= 11 is 1.52. The van der Waals surface area contributed by atoms with Crippen LogP contribution in [-0.2, 0) is 11.2 Å². The van der Waals surface area contributed by atoms with Gasteiger partial charge >= 0.3 is 5.97 Å². The van der Waals surface area contributed by atoms with Crippen molar-refractivity contribution in [3.63, 3.8) is 0 Å². The lowest BCUT2D eigenvalue weighted by Crippen LogP contribution is -2.24. The molecule has 0 aliphatic heterocycles. The summed E-state index contributed by atoms with van der Waals surface area (Å²) < 4.78 is 0. The first-order valence-corrected chi connectivity index (χ1v) is 7.03. The highest BCUT2D eigenvalue weighted by Gasteiger charge is 2.41. The number of carboxylic acids is 1. The van der Waals surface area contributed by atoms with Crippen molar-refractivity contribution >= 4 is 22.4 Å². The average Bonchev–Trinajstić information content (AvgIpc) is 3.16. The predicted octanol–water partition coefficient (Wildman–Crippen LogP) is 2.37. The maximum Gasteiger partial charge on any atom is 0.309 e. The third-order valence-corrected chi connectivity index (χ3v) is 4.26. The minimum Gasteiger partial charge on any atom is -0.481 e. The van der Waals surface area contributed by atoms with E-state index in [-0.39, 0.29) is 6.42 Å². The number of carbonyl (C=O) groups is 1. The summed E-state index contributed by atoms with van der Waals surface area (Å²) in [6, 6.07) is 0.582. The van der Waals surface area contributed by atoms with Gasteiger partial charge in [-0.1, -0.05) is 0 Å². The van der Waals surface area contributed by atoms with E-state index in [1.54, 1.807) is 0 Å². The normalized spacial score (nSPS) is 19.6. The van der Waals surface area contributed by atoms with Crippen LogP contribution in [0.2, 0.25) is 0 Å². The summed E-state index contributed by atoms with van der Waals surface area (Å²) in [7, 11) is 0. The maximum atomic E-state index is 10.6. The van der Waals surface area contributed by atoms with Gasteiger partial charge in [0.15, 0.2) is 5.13 Å². The Bertz CT molecular complexity index is 412. The summed E-state index contributed by atoms with van der Waals surface area (Å²) in [6.07, 6.45) is 5.36. The van der Waals surface area contributed by atoms with Crippen LogP contribution in [0.25, 0.3) is 0 Å². The van der Waals surface area contributed by atoms with Gasteiger partial charge in [-0.25, -0.2) is 4.98 Å². The molecule has 4 nitrogen and oxygen atoms in total. The van der Waals surface area contributed by atoms with Crippen molar-refractivity contribution in [2.24, 2.45) is 11.8 Å². The van der Waals surface area contributed by atoms with E-state index < -0.39 is 5.97 Å². The summed E-state index contributed by atoms with van der Waals surface area (Å²) in [5.74, 6) is 0.839. The summed E-state index contributed by atoms with van der Waals surface area (Å²) in [5.41, 5.74) is 0.662. The molecule has 0 atom stereocenters. The van der Waals surface area contributed by atoms with Gasteiger partial charge in [-0.05, 0) is 37.5 Å². The molecular weight excluding hydrogens is 236 g/mol. The minimum absolute atomic E-state index is 0.0235. The molecule has 0 radical (unpaired) electrons. The van der Waals surface area contributed by atoms with E-state index in [1.807, 2.05) is 5.38 Å². The molecule has 3 rings (SSSR count). The Hall–Kier alpha value is -1.10. The van der Waals surface area contributed by atoms with Crippen molar-refractivity contribution in [1.29, 1.82) is 0 Å². The zero-order chi connectivity index (χ0) is 11.8. The zero-order valence-corrected chi connectivity index (χ0v) is 10.4. The largest absolute Gasteiger partial charge is 0.481 e. The van der Waals surface area contributed by atoms with E-state index in [0.717, 1.165) is 17.0 Å². The number of nitrogens with one attached hydrogen (secondary N) is 1. The SMILES string of the molecule is O=C(O)Cc1csc(NC(C2CC2)C2CC2)n1. The maximum absolute atomic E-state index is 10.6. The third kappa shape index (κ3) is 2.77. The molecule has 0 spiro atoms. The highest BCUT2D eigenvalue weighted by atomic mass is 32.1. The first kappa shape index (κ1) is 11.0. The molecule has 17 heavy (non-hydrogen) atoms. The Morgan fingerprint density at radius 3 is 2.65 bits per heavy atom. The van der Waals surface area contributed by atoms with Crippen LogP contribution in [0.3, 0.4) is 0 Å². The third-order valence-electron chi connectivity index (χ3n) is 3.43. The van der Waals surface area contributed by atoms with Crippen LogP contribution in [0, 0.1) is 11.8 Å². The van der Waals surface area contributed by atoms with E-state index in [2.05, 4.69) is 10.3 Å². The molecular formula is C12H16N2O2S. The number of hydrogen-bond donors (Lipinski definition) is 2. The highest BCUT2D eigenvalue weighted by Crippen LogP contribution is 2.46. The molecule has 5 heteroatoms. The van der Waals surface area contributed by atoms with Gasteiger partial charge in [0, 0.05) is 11.4 Å². The van der Waals surface area contributed by atoms with Crippen LogP contribution in [0.1, 0.15) is 31.4 Å². The number of thiazole rings is 1. The number of hydrogen-bond acceptors (Lipinski definition) is 4. The second kappa shape index (κ2) is 4.29. The van der Waals surface area contributed by atoms with Crippen molar-refractivity contribution in [2.45, 2.75) is 38.1 Å². The minimum atomic E-state index is -0.817. The highest BCUT2D eigenvalue weighted by molar-refractivity contribution is 7.13. The van der Waals surface area contributed by atoms with E-state index in [9.17, 15) is 4.79 Å². The first-order valence-electron chi connectivity index (χ1n) is 6.15. The Balaban J connectivity index is 1.63. The van der Waals surface area contributed by atoms with Crippen LogP contribution in [-0.4, -0.2) is 22.1 Å². The Morgan fingerprint density at radius 2 is 2.12 bits per heavy atom. The van der Waals surface area contributed by atoms with Gasteiger partial charge in [-0.15, -0.1) is 11.3 Å². The molecule has 2 saturated carbocycles. The second-order valence-electron chi connectivity index (χ2n) is 5.06. The van der Waals surface area contributed by atoms with Crippen molar-refractivity contribution < 1.29 is 9.90 Å². The molecule has 0 amide bonds. The smallest absolute Gasteiger partial charge is 0.309 e. The number of anilines is 1. The molecule has 2 aliphatic carbocycles. The molecule has 0 aromatic carbocycles. The molecule has 0 saturated heterocycles. The molecule has 2 N–H and O–H groups in total. The van der Waals surface area contributed by atoms with E-state index >= 15 is 0 Å². The molecule has 1 aromatic heterocycles. The fraction of sp³-hybridized carbons (Fsp3) is 0.667. The average molecular weight is 252 g/mol. The molecule has 92 valence electrons. The van der Waals surface area contributed by atoms with Gasteiger partial charge in [-0.3, -0.25) is 4.79 Å². The van der Waals surface area contributed by atoms with Crippen molar-refractivity contribution in [3.05, 3.63) is 11.1 Å². The number of nitrogens with zero attached hydrogens (tertiary/aromatic N) is 1. The first-order chi connectivity index (χ1) is 8.22. The van der Waals surface area contributed by atoms with Gasteiger partial charge in [0.2, 0.25) is 0 Å². The van der Waals surface area contributed by atoms with Crippen LogP contribution in [0.15, 0.2) is 5.38 Å². The molecule has 0 unspecified atom stereocenters. The fourth-order valence-electron chi connectivity index (χ4n) is 2.28. The van der Waals surface area contributed by atoms with Crippen molar-refractivity contribution in [3.8, 4) is 0 Å². The summed E-state index contributed by atoms with van der Waals surface area (Å²) in [6.45, 7) is 0. The lowest BCUT2D eigenvalue weighted by molar-refractivity contribution is -0.136. The Labute approximate surface area is 104 Å². The monoisotopic (exact) mass is 252 g/mol. The van der Waals surface area contributed by atoms with E-state index in [0.29, 0.717) is 11.7 Å². The quantitative estimate of drug-likeness (QED) is 0.816. The molecule has 1 aromatic rings. The van der Waals surface area contributed by atoms with Crippen LogP contribution in [0.5, 0.6) is 0 Å². The van der Waals surface area contributed by atoms with E-state index in [1.165, 1.54) is 37.0 Å². The lowest BCUT2D eigenvalue weighted by Gasteiger charge is -2.16. The van der Waals surface area contributed by atoms with Gasteiger partial charge < -0.3 is 10.4 Å². The lowest BCUT2D eigenvalue weighted by atomic mass is 10.1. The number of rotatable bonds is 6. The van der Waals surface area contributed by atoms with Gasteiger partial charge in [0.05, 0.1) is 12.1 Å². The van der Waals surface area contributed by atoms with Crippen LogP contribution < -0.4 is 5.32 Å².